The maximum absolute atomic E-state index is 12.5. The van der Waals surface area contributed by atoms with Crippen molar-refractivity contribution in [3.05, 3.63) is 52.5 Å². The number of hydrogen-bond acceptors (Lipinski definition) is 3. The van der Waals surface area contributed by atoms with E-state index < -0.39 is 10.8 Å². The van der Waals surface area contributed by atoms with Gasteiger partial charge in [-0.1, -0.05) is 29.3 Å². The molecule has 0 radical (unpaired) electrons. The van der Waals surface area contributed by atoms with Crippen molar-refractivity contribution in [3.8, 4) is 5.75 Å². The molecule has 0 saturated heterocycles. The lowest BCUT2D eigenvalue weighted by atomic mass is 10.1. The van der Waals surface area contributed by atoms with Crippen LogP contribution < -0.4 is 10.5 Å². The Labute approximate surface area is 131 Å². The van der Waals surface area contributed by atoms with Gasteiger partial charge in [-0.3, -0.25) is 4.21 Å². The van der Waals surface area contributed by atoms with E-state index in [1.54, 1.807) is 18.2 Å². The zero-order chi connectivity index (χ0) is 15.0. The Morgan fingerprint density at radius 1 is 1.33 bits per heavy atom. The molecule has 1 aliphatic rings. The van der Waals surface area contributed by atoms with Gasteiger partial charge in [0.15, 0.2) is 0 Å². The van der Waals surface area contributed by atoms with Gasteiger partial charge in [-0.05, 0) is 36.8 Å². The van der Waals surface area contributed by atoms with Crippen molar-refractivity contribution in [1.82, 2.24) is 0 Å². The summed E-state index contributed by atoms with van der Waals surface area (Å²) in [5, 5.41) is 0.549. The number of anilines is 1. The fourth-order valence-electron chi connectivity index (χ4n) is 2.53. The number of nitrogen functional groups attached to an aromatic ring is 1. The molecule has 1 aliphatic heterocycles. The van der Waals surface area contributed by atoms with Crippen LogP contribution in [0.1, 0.15) is 11.1 Å². The normalized spacial score (nSPS) is 18.1. The van der Waals surface area contributed by atoms with E-state index in [2.05, 4.69) is 13.0 Å². The van der Waals surface area contributed by atoms with Gasteiger partial charge in [0.05, 0.1) is 21.4 Å². The minimum absolute atomic E-state index is 0.0716. The van der Waals surface area contributed by atoms with Crippen LogP contribution in [-0.4, -0.2) is 16.1 Å². The molecule has 2 atom stereocenters. The molecule has 0 spiro atoms. The average Bonchev–Trinajstić information content (AvgIpc) is 2.79. The molecule has 21 heavy (non-hydrogen) atoms. The number of ether oxygens (including phenoxy) is 1. The highest BCUT2D eigenvalue weighted by atomic mass is 35.5. The van der Waals surface area contributed by atoms with Crippen molar-refractivity contribution < 1.29 is 8.95 Å². The van der Waals surface area contributed by atoms with Crippen molar-refractivity contribution in [2.24, 2.45) is 0 Å². The smallest absolute Gasteiger partial charge is 0.123 e. The Morgan fingerprint density at radius 3 is 2.90 bits per heavy atom. The van der Waals surface area contributed by atoms with Gasteiger partial charge in [0, 0.05) is 17.1 Å². The van der Waals surface area contributed by atoms with Gasteiger partial charge >= 0.3 is 0 Å². The Bertz CT molecular complexity index is 717. The van der Waals surface area contributed by atoms with E-state index in [-0.39, 0.29) is 6.10 Å². The number of nitrogens with two attached hydrogens (primary N) is 1. The Morgan fingerprint density at radius 2 is 2.14 bits per heavy atom. The van der Waals surface area contributed by atoms with Gasteiger partial charge in [0.2, 0.25) is 0 Å². The van der Waals surface area contributed by atoms with Gasteiger partial charge in [-0.25, -0.2) is 0 Å². The van der Waals surface area contributed by atoms with Crippen LogP contribution in [0, 0.1) is 6.92 Å². The molecule has 0 fully saturated rings. The Hall–Kier alpha value is -1.52. The molecular formula is C16H16ClNO2S. The first kappa shape index (κ1) is 14.4. The second-order valence-corrected chi connectivity index (χ2v) is 7.15. The van der Waals surface area contributed by atoms with Gasteiger partial charge in [-0.15, -0.1) is 0 Å². The molecule has 2 N–H and O–H groups in total. The quantitative estimate of drug-likeness (QED) is 0.882. The summed E-state index contributed by atoms with van der Waals surface area (Å²) in [6.07, 6.45) is 0.716. The second kappa shape index (κ2) is 5.70. The predicted octanol–water partition coefficient (Wildman–Crippen LogP) is 3.34. The molecule has 2 aromatic carbocycles. The number of halogens is 1. The third kappa shape index (κ3) is 3.06. The highest BCUT2D eigenvalue weighted by molar-refractivity contribution is 7.85. The van der Waals surface area contributed by atoms with Crippen LogP contribution in [0.3, 0.4) is 0 Å². The van der Waals surface area contributed by atoms with Crippen LogP contribution in [0.5, 0.6) is 5.75 Å². The van der Waals surface area contributed by atoms with Crippen LogP contribution in [-0.2, 0) is 17.2 Å². The molecule has 3 nitrogen and oxygen atoms in total. The van der Waals surface area contributed by atoms with E-state index in [1.165, 1.54) is 11.1 Å². The van der Waals surface area contributed by atoms with Gasteiger partial charge in [0.25, 0.3) is 0 Å². The molecule has 2 unspecified atom stereocenters. The molecule has 0 saturated carbocycles. The van der Waals surface area contributed by atoms with Crippen LogP contribution >= 0.6 is 11.6 Å². The molecule has 3 rings (SSSR count). The van der Waals surface area contributed by atoms with Crippen molar-refractivity contribution in [3.63, 3.8) is 0 Å². The number of rotatable bonds is 3. The Balaban J connectivity index is 1.72. The standard InChI is InChI=1S/C16H16ClNO2S/c1-10-2-4-15-11(6-10)7-13(20-15)9-21(19)16-5-3-12(17)8-14(16)18/h2-6,8,13H,7,9,18H2,1H3. The Kier molecular flexibility index (Phi) is 3.91. The largest absolute Gasteiger partial charge is 0.489 e. The third-order valence-electron chi connectivity index (χ3n) is 3.51. The third-order valence-corrected chi connectivity index (χ3v) is 5.28. The number of fused-ring (bicyclic) bond motifs is 1. The van der Waals surface area contributed by atoms with Gasteiger partial charge < -0.3 is 10.5 Å². The minimum atomic E-state index is -1.20. The SMILES string of the molecule is Cc1ccc2c(c1)CC(CS(=O)c1ccc(Cl)cc1N)O2. The zero-order valence-corrected chi connectivity index (χ0v) is 13.2. The lowest BCUT2D eigenvalue weighted by Crippen LogP contribution is -2.22. The van der Waals surface area contributed by atoms with E-state index >= 15 is 0 Å². The van der Waals surface area contributed by atoms with Gasteiger partial charge in [0.1, 0.15) is 11.9 Å². The number of aryl methyl sites for hydroxylation is 1. The highest BCUT2D eigenvalue weighted by Gasteiger charge is 2.25. The van der Waals surface area contributed by atoms with E-state index in [0.717, 1.165) is 12.2 Å². The molecule has 5 heteroatoms. The predicted molar refractivity (Wildman–Crippen MR) is 86.4 cm³/mol. The molecule has 0 aromatic heterocycles. The highest BCUT2D eigenvalue weighted by Crippen LogP contribution is 2.31. The van der Waals surface area contributed by atoms with Crippen molar-refractivity contribution >= 4 is 28.1 Å². The topological polar surface area (TPSA) is 52.3 Å². The average molecular weight is 322 g/mol. The summed E-state index contributed by atoms with van der Waals surface area (Å²) in [7, 11) is -1.20. The minimum Gasteiger partial charge on any atom is -0.489 e. The number of benzene rings is 2. The first-order valence-corrected chi connectivity index (χ1v) is 8.42. The molecule has 1 heterocycles. The molecule has 110 valence electrons. The summed E-state index contributed by atoms with van der Waals surface area (Å²) < 4.78 is 18.3. The summed E-state index contributed by atoms with van der Waals surface area (Å²) in [5.74, 6) is 1.33. The molecular weight excluding hydrogens is 306 g/mol. The monoisotopic (exact) mass is 321 g/mol. The summed E-state index contributed by atoms with van der Waals surface area (Å²) in [5.41, 5.74) is 8.74. The fraction of sp³-hybridized carbons (Fsp3) is 0.250. The fourth-order valence-corrected chi connectivity index (χ4v) is 3.95. The van der Waals surface area contributed by atoms with E-state index in [9.17, 15) is 4.21 Å². The van der Waals surface area contributed by atoms with Crippen LogP contribution in [0.25, 0.3) is 0 Å². The summed E-state index contributed by atoms with van der Waals surface area (Å²) >= 11 is 5.86. The maximum Gasteiger partial charge on any atom is 0.123 e. The summed E-state index contributed by atoms with van der Waals surface area (Å²) in [4.78, 5) is 0.620. The van der Waals surface area contributed by atoms with Crippen LogP contribution in [0.4, 0.5) is 5.69 Å². The summed E-state index contributed by atoms with van der Waals surface area (Å²) in [6.45, 7) is 2.06. The van der Waals surface area contributed by atoms with E-state index in [1.807, 2.05) is 12.1 Å². The molecule has 0 aliphatic carbocycles. The first-order valence-electron chi connectivity index (χ1n) is 6.72. The van der Waals surface area contributed by atoms with E-state index in [4.69, 9.17) is 22.1 Å². The molecule has 0 bridgehead atoms. The zero-order valence-electron chi connectivity index (χ0n) is 11.6. The lowest BCUT2D eigenvalue weighted by molar-refractivity contribution is 0.258. The number of hydrogen-bond donors (Lipinski definition) is 1. The van der Waals surface area contributed by atoms with Crippen molar-refractivity contribution in [2.45, 2.75) is 24.3 Å². The van der Waals surface area contributed by atoms with Crippen molar-refractivity contribution in [2.75, 3.05) is 11.5 Å². The van der Waals surface area contributed by atoms with Crippen LogP contribution in [0.2, 0.25) is 5.02 Å². The lowest BCUT2D eigenvalue weighted by Gasteiger charge is -2.11. The maximum atomic E-state index is 12.5. The van der Waals surface area contributed by atoms with Crippen molar-refractivity contribution in [1.29, 1.82) is 0 Å². The molecule has 2 aromatic rings. The summed E-state index contributed by atoms with van der Waals surface area (Å²) in [6, 6.07) is 11.2. The van der Waals surface area contributed by atoms with E-state index in [0.29, 0.717) is 21.4 Å². The van der Waals surface area contributed by atoms with Gasteiger partial charge in [-0.2, -0.15) is 0 Å². The van der Waals surface area contributed by atoms with Crippen LogP contribution in [0.15, 0.2) is 41.3 Å². The first-order chi connectivity index (χ1) is 10.0. The molecule has 0 amide bonds. The second-order valence-electron chi connectivity index (χ2n) is 5.25.